The highest BCUT2D eigenvalue weighted by molar-refractivity contribution is 5.84. The Balaban J connectivity index is 1.77. The zero-order valence-corrected chi connectivity index (χ0v) is 15.5. The number of ether oxygens (including phenoxy) is 1. The van der Waals surface area contributed by atoms with E-state index in [0.29, 0.717) is 17.0 Å². The molecule has 0 bridgehead atoms. The molecule has 148 valence electrons. The Morgan fingerprint density at radius 2 is 2.03 bits per heavy atom. The second kappa shape index (κ2) is 6.70. The van der Waals surface area contributed by atoms with Crippen LogP contribution in [0.3, 0.4) is 0 Å². The van der Waals surface area contributed by atoms with Crippen LogP contribution in [-0.2, 0) is 0 Å². The number of halogens is 2. The number of methoxy groups -OCH3 is 1. The van der Waals surface area contributed by atoms with Crippen LogP contribution >= 0.6 is 0 Å². The van der Waals surface area contributed by atoms with Gasteiger partial charge in [0.1, 0.15) is 17.3 Å². The summed E-state index contributed by atoms with van der Waals surface area (Å²) < 4.78 is 34.8. The van der Waals surface area contributed by atoms with E-state index in [0.717, 1.165) is 31.0 Å². The van der Waals surface area contributed by atoms with Gasteiger partial charge in [0.2, 0.25) is 5.88 Å². The number of nitrogens with zero attached hydrogens (tertiary/aromatic N) is 5. The highest BCUT2D eigenvalue weighted by Crippen LogP contribution is 2.41. The lowest BCUT2D eigenvalue weighted by molar-refractivity contribution is 0.210. The summed E-state index contributed by atoms with van der Waals surface area (Å²) in [6.45, 7) is 0. The van der Waals surface area contributed by atoms with Gasteiger partial charge in [-0.3, -0.25) is 0 Å². The predicted octanol–water partition coefficient (Wildman–Crippen LogP) is 3.31. The fraction of sp³-hybridized carbons (Fsp3) is 0.300. The normalized spacial score (nSPS) is 15.6. The molecule has 4 aromatic rings. The molecular formula is C20H17F2N5O2. The summed E-state index contributed by atoms with van der Waals surface area (Å²) in [5, 5.41) is 16.0. The lowest BCUT2D eigenvalue weighted by atomic mass is 9.81. The van der Waals surface area contributed by atoms with Crippen LogP contribution in [0.4, 0.5) is 8.78 Å². The number of aliphatic hydroxyl groups excluding tert-OH is 1. The van der Waals surface area contributed by atoms with Crippen LogP contribution in [0.5, 0.6) is 5.88 Å². The third kappa shape index (κ3) is 2.72. The number of fused-ring (bicyclic) bond motifs is 2. The fourth-order valence-corrected chi connectivity index (χ4v) is 3.77. The van der Waals surface area contributed by atoms with Gasteiger partial charge >= 0.3 is 0 Å². The van der Waals surface area contributed by atoms with Gasteiger partial charge in [-0.1, -0.05) is 6.42 Å². The maximum Gasteiger partial charge on any atom is 0.251 e. The van der Waals surface area contributed by atoms with E-state index < -0.39 is 17.7 Å². The van der Waals surface area contributed by atoms with Crippen molar-refractivity contribution in [3.8, 4) is 5.88 Å². The van der Waals surface area contributed by atoms with Gasteiger partial charge in [-0.05, 0) is 25.0 Å². The van der Waals surface area contributed by atoms with Crippen LogP contribution < -0.4 is 4.74 Å². The van der Waals surface area contributed by atoms with E-state index >= 15 is 0 Å². The van der Waals surface area contributed by atoms with E-state index in [-0.39, 0.29) is 22.7 Å². The third-order valence-corrected chi connectivity index (χ3v) is 5.47. The lowest BCUT2D eigenvalue weighted by Crippen LogP contribution is -2.15. The topological polar surface area (TPSA) is 85.4 Å². The standard InChI is InChI=1S/C20H17F2N5O2/c1-29-14-9-12(11-5-6-13(21)15(22)17(11)25-14)19(28)18-16(10-3-2-4-10)26-20-23-7-8-24-27(18)20/h5-10,19,28H,2-4H2,1H3. The molecule has 7 nitrogen and oxygen atoms in total. The maximum atomic E-state index is 14.4. The Hall–Kier alpha value is -3.20. The molecule has 5 rings (SSSR count). The minimum Gasteiger partial charge on any atom is -0.481 e. The number of aromatic nitrogens is 5. The first-order valence-electron chi connectivity index (χ1n) is 9.28. The van der Waals surface area contributed by atoms with E-state index in [1.54, 1.807) is 0 Å². The number of hydrogen-bond donors (Lipinski definition) is 1. The molecule has 1 aromatic carbocycles. The Morgan fingerprint density at radius 1 is 1.21 bits per heavy atom. The summed E-state index contributed by atoms with van der Waals surface area (Å²) >= 11 is 0. The number of hydrogen-bond acceptors (Lipinski definition) is 6. The van der Waals surface area contributed by atoms with Gasteiger partial charge in [0, 0.05) is 22.9 Å². The second-order valence-electron chi connectivity index (χ2n) is 7.08. The van der Waals surface area contributed by atoms with Gasteiger partial charge in [-0.2, -0.15) is 9.61 Å². The third-order valence-electron chi connectivity index (χ3n) is 5.47. The monoisotopic (exact) mass is 397 g/mol. The van der Waals surface area contributed by atoms with Gasteiger partial charge in [0.25, 0.3) is 5.78 Å². The highest BCUT2D eigenvalue weighted by Gasteiger charge is 2.32. The van der Waals surface area contributed by atoms with Gasteiger partial charge in [0.05, 0.1) is 25.2 Å². The Morgan fingerprint density at radius 3 is 2.76 bits per heavy atom. The van der Waals surface area contributed by atoms with E-state index in [4.69, 9.17) is 4.74 Å². The molecule has 0 saturated heterocycles. The van der Waals surface area contributed by atoms with Crippen molar-refractivity contribution in [2.45, 2.75) is 31.3 Å². The maximum absolute atomic E-state index is 14.4. The molecule has 0 aliphatic heterocycles. The summed E-state index contributed by atoms with van der Waals surface area (Å²) in [5.74, 6) is -1.46. The van der Waals surface area contributed by atoms with E-state index in [1.165, 1.54) is 36.2 Å². The molecule has 0 radical (unpaired) electrons. The summed E-state index contributed by atoms with van der Waals surface area (Å²) in [5.41, 5.74) is 1.32. The number of rotatable bonds is 4. The molecule has 29 heavy (non-hydrogen) atoms. The Kier molecular flexibility index (Phi) is 4.13. The average Bonchev–Trinajstić information content (AvgIpc) is 3.07. The molecule has 3 heterocycles. The number of aliphatic hydroxyl groups is 1. The highest BCUT2D eigenvalue weighted by atomic mass is 19.2. The first kappa shape index (κ1) is 17.9. The summed E-state index contributed by atoms with van der Waals surface area (Å²) in [6.07, 6.45) is 4.85. The van der Waals surface area contributed by atoms with Crippen LogP contribution in [0.1, 0.15) is 48.2 Å². The van der Waals surface area contributed by atoms with Crippen LogP contribution in [0, 0.1) is 11.6 Å². The molecule has 9 heteroatoms. The van der Waals surface area contributed by atoms with Crippen LogP contribution in [0.15, 0.2) is 30.6 Å². The smallest absolute Gasteiger partial charge is 0.251 e. The van der Waals surface area contributed by atoms with Crippen LogP contribution in [-0.4, -0.2) is 36.8 Å². The zero-order valence-electron chi connectivity index (χ0n) is 15.5. The SMILES string of the molecule is COc1cc(C(O)c2c(C3CCC3)nc3nccnn23)c2ccc(F)c(F)c2n1. The zero-order chi connectivity index (χ0) is 20.1. The molecule has 1 saturated carbocycles. The Labute approximate surface area is 164 Å². The van der Waals surface area contributed by atoms with Crippen molar-refractivity contribution in [3.63, 3.8) is 0 Å². The predicted molar refractivity (Wildman–Crippen MR) is 99.6 cm³/mol. The molecule has 3 aromatic heterocycles. The molecule has 1 N–H and O–H groups in total. The number of benzene rings is 1. The molecule has 1 aliphatic rings. The number of pyridine rings is 1. The van der Waals surface area contributed by atoms with Crippen molar-refractivity contribution in [2.24, 2.45) is 0 Å². The average molecular weight is 397 g/mol. The van der Waals surface area contributed by atoms with E-state index in [2.05, 4.69) is 20.1 Å². The quantitative estimate of drug-likeness (QED) is 0.569. The first-order chi connectivity index (χ1) is 14.1. The summed E-state index contributed by atoms with van der Waals surface area (Å²) in [7, 11) is 1.38. The van der Waals surface area contributed by atoms with Crippen molar-refractivity contribution in [2.75, 3.05) is 7.11 Å². The van der Waals surface area contributed by atoms with Gasteiger partial charge in [-0.25, -0.2) is 23.7 Å². The van der Waals surface area contributed by atoms with E-state index in [1.807, 2.05) is 0 Å². The Bertz CT molecular complexity index is 1240. The van der Waals surface area contributed by atoms with Crippen molar-refractivity contribution in [3.05, 3.63) is 59.2 Å². The fourth-order valence-electron chi connectivity index (χ4n) is 3.77. The minimum absolute atomic E-state index is 0.0705. The van der Waals surface area contributed by atoms with Crippen molar-refractivity contribution < 1.29 is 18.6 Å². The van der Waals surface area contributed by atoms with Crippen molar-refractivity contribution in [1.29, 1.82) is 0 Å². The summed E-state index contributed by atoms with van der Waals surface area (Å²) in [6, 6.07) is 3.94. The van der Waals surface area contributed by atoms with Gasteiger partial charge in [-0.15, -0.1) is 0 Å². The van der Waals surface area contributed by atoms with Crippen LogP contribution in [0.25, 0.3) is 16.7 Å². The van der Waals surface area contributed by atoms with Gasteiger partial charge < -0.3 is 9.84 Å². The molecule has 1 fully saturated rings. The van der Waals surface area contributed by atoms with Crippen molar-refractivity contribution in [1.82, 2.24) is 24.6 Å². The summed E-state index contributed by atoms with van der Waals surface area (Å²) in [4.78, 5) is 12.8. The van der Waals surface area contributed by atoms with Gasteiger partial charge in [0.15, 0.2) is 11.6 Å². The molecule has 1 atom stereocenters. The van der Waals surface area contributed by atoms with E-state index in [9.17, 15) is 13.9 Å². The molecular weight excluding hydrogens is 380 g/mol. The second-order valence-corrected chi connectivity index (χ2v) is 7.08. The molecule has 0 amide bonds. The molecule has 0 spiro atoms. The molecule has 1 aliphatic carbocycles. The lowest BCUT2D eigenvalue weighted by Gasteiger charge is -2.26. The van der Waals surface area contributed by atoms with Crippen LogP contribution in [0.2, 0.25) is 0 Å². The number of imidazole rings is 1. The first-order valence-corrected chi connectivity index (χ1v) is 9.28. The molecule has 1 unspecified atom stereocenters. The minimum atomic E-state index is -1.21. The van der Waals surface area contributed by atoms with Crippen molar-refractivity contribution >= 4 is 16.7 Å². The largest absolute Gasteiger partial charge is 0.481 e.